The van der Waals surface area contributed by atoms with Crippen LogP contribution in [0.1, 0.15) is 36.8 Å². The largest absolute Gasteiger partial charge is 0.312 e. The Balaban J connectivity index is 2.14. The number of carbonyl (C=O) groups is 1. The quantitative estimate of drug-likeness (QED) is 0.682. The second-order valence-corrected chi connectivity index (χ2v) is 6.79. The van der Waals surface area contributed by atoms with Crippen LogP contribution in [0.5, 0.6) is 0 Å². The van der Waals surface area contributed by atoms with Gasteiger partial charge in [-0.2, -0.15) is 4.98 Å². The minimum Gasteiger partial charge on any atom is -0.312 e. The number of benzene rings is 1. The number of hydrogen-bond acceptors (Lipinski definition) is 4. The van der Waals surface area contributed by atoms with Crippen LogP contribution in [0.25, 0.3) is 0 Å². The zero-order chi connectivity index (χ0) is 17.3. The normalized spacial score (nSPS) is 16.6. The number of thioether (sulfide) groups is 1. The van der Waals surface area contributed by atoms with E-state index in [2.05, 4.69) is 10.3 Å². The molecule has 0 unspecified atom stereocenters. The van der Waals surface area contributed by atoms with Gasteiger partial charge in [0.1, 0.15) is 11.6 Å². The Hall–Kier alpha value is -2.15. The van der Waals surface area contributed by atoms with E-state index in [1.165, 1.54) is 23.9 Å². The highest BCUT2D eigenvalue weighted by atomic mass is 32.2. The summed E-state index contributed by atoms with van der Waals surface area (Å²) in [5.41, 5.74) is 0.665. The van der Waals surface area contributed by atoms with E-state index in [0.29, 0.717) is 22.1 Å². The van der Waals surface area contributed by atoms with Crippen molar-refractivity contribution in [2.24, 2.45) is 7.05 Å². The Morgan fingerprint density at radius 3 is 2.92 bits per heavy atom. The van der Waals surface area contributed by atoms with Crippen molar-refractivity contribution in [1.29, 1.82) is 0 Å². The predicted molar refractivity (Wildman–Crippen MR) is 92.0 cm³/mol. The molecule has 0 spiro atoms. The van der Waals surface area contributed by atoms with E-state index in [1.54, 1.807) is 23.7 Å². The van der Waals surface area contributed by atoms with Gasteiger partial charge in [0, 0.05) is 25.1 Å². The summed E-state index contributed by atoms with van der Waals surface area (Å²) < 4.78 is 15.3. The summed E-state index contributed by atoms with van der Waals surface area (Å²) >= 11 is 1.48. The molecule has 1 aromatic carbocycles. The monoisotopic (exact) mass is 347 g/mol. The molecule has 2 aromatic rings. The Labute approximate surface area is 143 Å². The van der Waals surface area contributed by atoms with Crippen LogP contribution in [-0.4, -0.2) is 21.2 Å². The fraction of sp³-hybridized carbons (Fsp3) is 0.353. The van der Waals surface area contributed by atoms with Crippen molar-refractivity contribution in [3.05, 3.63) is 51.6 Å². The number of hydrogen-bond donors (Lipinski definition) is 1. The summed E-state index contributed by atoms with van der Waals surface area (Å²) in [7, 11) is 1.78. The lowest BCUT2D eigenvalue weighted by Gasteiger charge is -2.27. The summed E-state index contributed by atoms with van der Waals surface area (Å²) in [5.74, 6) is 0.227. The SMILES string of the molecule is CCCSc1nc(=O)c2c(n1C)NC(=O)C[C@@H]2c1cccc(F)c1. The van der Waals surface area contributed by atoms with E-state index in [9.17, 15) is 14.0 Å². The van der Waals surface area contributed by atoms with Gasteiger partial charge in [-0.25, -0.2) is 4.39 Å². The van der Waals surface area contributed by atoms with Crippen LogP contribution in [-0.2, 0) is 11.8 Å². The van der Waals surface area contributed by atoms with Crippen LogP contribution < -0.4 is 10.9 Å². The Morgan fingerprint density at radius 1 is 1.42 bits per heavy atom. The summed E-state index contributed by atoms with van der Waals surface area (Å²) in [4.78, 5) is 28.9. The number of aromatic nitrogens is 2. The van der Waals surface area contributed by atoms with Gasteiger partial charge in [0.2, 0.25) is 5.91 Å². The highest BCUT2D eigenvalue weighted by Crippen LogP contribution is 2.35. The van der Waals surface area contributed by atoms with Crippen molar-refractivity contribution < 1.29 is 9.18 Å². The van der Waals surface area contributed by atoms with E-state index in [1.807, 2.05) is 6.92 Å². The van der Waals surface area contributed by atoms with Gasteiger partial charge in [-0.1, -0.05) is 30.8 Å². The number of amides is 1. The molecule has 1 aliphatic heterocycles. The number of nitrogens with zero attached hydrogens (tertiary/aromatic N) is 2. The zero-order valence-electron chi connectivity index (χ0n) is 13.5. The molecule has 1 aliphatic rings. The lowest BCUT2D eigenvalue weighted by Crippen LogP contribution is -2.33. The molecule has 0 radical (unpaired) electrons. The molecule has 3 rings (SSSR count). The van der Waals surface area contributed by atoms with Gasteiger partial charge in [-0.05, 0) is 24.1 Å². The smallest absolute Gasteiger partial charge is 0.279 e. The van der Waals surface area contributed by atoms with Gasteiger partial charge in [0.15, 0.2) is 5.16 Å². The molecular weight excluding hydrogens is 329 g/mol. The van der Waals surface area contributed by atoms with E-state index in [4.69, 9.17) is 0 Å². The van der Waals surface area contributed by atoms with Crippen molar-refractivity contribution in [3.63, 3.8) is 0 Å². The summed E-state index contributed by atoms with van der Waals surface area (Å²) in [6.45, 7) is 2.05. The Morgan fingerprint density at radius 2 is 2.21 bits per heavy atom. The first kappa shape index (κ1) is 16.7. The van der Waals surface area contributed by atoms with Gasteiger partial charge in [-0.3, -0.25) is 9.59 Å². The van der Waals surface area contributed by atoms with E-state index in [0.717, 1.165) is 12.2 Å². The maximum absolute atomic E-state index is 13.6. The minimum atomic E-state index is -0.485. The van der Waals surface area contributed by atoms with Crippen molar-refractivity contribution in [1.82, 2.24) is 9.55 Å². The van der Waals surface area contributed by atoms with Crippen LogP contribution in [0.4, 0.5) is 10.2 Å². The van der Waals surface area contributed by atoms with Crippen LogP contribution >= 0.6 is 11.8 Å². The van der Waals surface area contributed by atoms with E-state index >= 15 is 0 Å². The molecule has 1 atom stereocenters. The Bertz CT molecular complexity index is 850. The molecule has 2 heterocycles. The third-order valence-electron chi connectivity index (χ3n) is 3.99. The first-order valence-electron chi connectivity index (χ1n) is 7.80. The number of nitrogens with one attached hydrogen (secondary N) is 1. The predicted octanol–water partition coefficient (Wildman–Crippen LogP) is 2.90. The molecule has 0 aliphatic carbocycles. The number of anilines is 1. The van der Waals surface area contributed by atoms with E-state index < -0.39 is 5.92 Å². The first-order chi connectivity index (χ1) is 11.5. The second kappa shape index (κ2) is 6.76. The van der Waals surface area contributed by atoms with Gasteiger partial charge >= 0.3 is 0 Å². The third kappa shape index (κ3) is 3.08. The number of carbonyl (C=O) groups excluding carboxylic acids is 1. The first-order valence-corrected chi connectivity index (χ1v) is 8.78. The van der Waals surface area contributed by atoms with Gasteiger partial charge < -0.3 is 9.88 Å². The summed E-state index contributed by atoms with van der Waals surface area (Å²) in [6.07, 6.45) is 1.06. The van der Waals surface area contributed by atoms with Crippen LogP contribution in [0.3, 0.4) is 0 Å². The molecule has 24 heavy (non-hydrogen) atoms. The fourth-order valence-corrected chi connectivity index (χ4v) is 3.68. The number of fused-ring (bicyclic) bond motifs is 1. The molecule has 5 nitrogen and oxygen atoms in total. The molecule has 7 heteroatoms. The lowest BCUT2D eigenvalue weighted by atomic mass is 9.87. The van der Waals surface area contributed by atoms with Crippen molar-refractivity contribution in [3.8, 4) is 0 Å². The molecule has 1 amide bonds. The summed E-state index contributed by atoms with van der Waals surface area (Å²) in [5, 5.41) is 3.35. The molecule has 126 valence electrons. The van der Waals surface area contributed by atoms with Gasteiger partial charge in [0.05, 0.1) is 5.56 Å². The standard InChI is InChI=1S/C17H18FN3O2S/c1-3-7-24-17-20-16(23)14-12(10-5-4-6-11(18)8-10)9-13(22)19-15(14)21(17)2/h4-6,8,12H,3,7,9H2,1-2H3,(H,19,22)/t12-/m1/s1. The van der Waals surface area contributed by atoms with Crippen LogP contribution in [0.15, 0.2) is 34.2 Å². The number of halogens is 1. The molecule has 0 saturated carbocycles. The van der Waals surface area contributed by atoms with Crippen molar-refractivity contribution in [2.75, 3.05) is 11.1 Å². The topological polar surface area (TPSA) is 64.0 Å². The zero-order valence-corrected chi connectivity index (χ0v) is 14.3. The average Bonchev–Trinajstić information content (AvgIpc) is 2.56. The summed E-state index contributed by atoms with van der Waals surface area (Å²) in [6, 6.07) is 6.02. The maximum atomic E-state index is 13.6. The molecule has 0 bridgehead atoms. The minimum absolute atomic E-state index is 0.106. The highest BCUT2D eigenvalue weighted by Gasteiger charge is 2.32. The van der Waals surface area contributed by atoms with E-state index in [-0.39, 0.29) is 23.7 Å². The molecular formula is C17H18FN3O2S. The fourth-order valence-electron chi connectivity index (χ4n) is 2.87. The van der Waals surface area contributed by atoms with Gasteiger partial charge in [0.25, 0.3) is 5.56 Å². The van der Waals surface area contributed by atoms with Crippen molar-refractivity contribution in [2.45, 2.75) is 30.8 Å². The van der Waals surface area contributed by atoms with Crippen LogP contribution in [0.2, 0.25) is 0 Å². The number of rotatable bonds is 4. The van der Waals surface area contributed by atoms with Crippen LogP contribution in [0, 0.1) is 5.82 Å². The molecule has 0 saturated heterocycles. The average molecular weight is 347 g/mol. The molecule has 0 fully saturated rings. The maximum Gasteiger partial charge on any atom is 0.279 e. The lowest BCUT2D eigenvalue weighted by molar-refractivity contribution is -0.116. The Kier molecular flexibility index (Phi) is 4.71. The third-order valence-corrected chi connectivity index (χ3v) is 5.22. The molecule has 1 N–H and O–H groups in total. The molecule has 1 aromatic heterocycles. The highest BCUT2D eigenvalue weighted by molar-refractivity contribution is 7.99. The second-order valence-electron chi connectivity index (χ2n) is 5.73. The van der Waals surface area contributed by atoms with Crippen molar-refractivity contribution >= 4 is 23.5 Å². The van der Waals surface area contributed by atoms with Gasteiger partial charge in [-0.15, -0.1) is 0 Å².